The SMILES string of the molecule is C#C.C/C=C(\C)C(O)CO.CC(C)=C/C=C\C(C)(C)CCC=C(C)C. The zero-order valence-electron chi connectivity index (χ0n) is 17.6. The Morgan fingerprint density at radius 2 is 1.56 bits per heavy atom. The highest BCUT2D eigenvalue weighted by molar-refractivity contribution is 5.11. The molecule has 0 aliphatic heterocycles. The molecule has 2 nitrogen and oxygen atoms in total. The molecule has 0 aromatic rings. The summed E-state index contributed by atoms with van der Waals surface area (Å²) in [6.45, 7) is 16.6. The predicted octanol–water partition coefficient (Wildman–Crippen LogP) is 5.84. The van der Waals surface area contributed by atoms with Gasteiger partial charge in [0.2, 0.25) is 0 Å². The monoisotopic (exact) mass is 348 g/mol. The van der Waals surface area contributed by atoms with Gasteiger partial charge in [-0.15, -0.1) is 12.8 Å². The average molecular weight is 349 g/mol. The molecule has 1 unspecified atom stereocenters. The van der Waals surface area contributed by atoms with Gasteiger partial charge in [-0.1, -0.05) is 55.4 Å². The van der Waals surface area contributed by atoms with Crippen molar-refractivity contribution < 1.29 is 10.2 Å². The first kappa shape index (κ1) is 28.3. The van der Waals surface area contributed by atoms with E-state index in [1.54, 1.807) is 13.0 Å². The summed E-state index contributed by atoms with van der Waals surface area (Å²) in [5, 5.41) is 17.2. The number of hydrogen-bond donors (Lipinski definition) is 2. The van der Waals surface area contributed by atoms with Crippen molar-refractivity contribution in [2.75, 3.05) is 6.61 Å². The van der Waals surface area contributed by atoms with Gasteiger partial charge < -0.3 is 10.2 Å². The molecular weight excluding hydrogens is 308 g/mol. The molecular formula is C23H40O2. The van der Waals surface area contributed by atoms with E-state index < -0.39 is 6.10 Å². The third kappa shape index (κ3) is 22.4. The second-order valence-electron chi connectivity index (χ2n) is 7.14. The van der Waals surface area contributed by atoms with Crippen molar-refractivity contribution in [2.45, 2.75) is 74.3 Å². The molecule has 0 aliphatic rings. The molecule has 0 radical (unpaired) electrons. The van der Waals surface area contributed by atoms with Gasteiger partial charge in [-0.25, -0.2) is 0 Å². The third-order valence-electron chi connectivity index (χ3n) is 3.47. The molecule has 2 heteroatoms. The number of aliphatic hydroxyl groups is 2. The predicted molar refractivity (Wildman–Crippen MR) is 113 cm³/mol. The van der Waals surface area contributed by atoms with Crippen LogP contribution in [0.1, 0.15) is 68.2 Å². The molecule has 0 aliphatic carbocycles. The van der Waals surface area contributed by atoms with E-state index in [0.29, 0.717) is 5.41 Å². The van der Waals surface area contributed by atoms with Crippen LogP contribution in [0.25, 0.3) is 0 Å². The van der Waals surface area contributed by atoms with Crippen LogP contribution in [0.15, 0.2) is 47.1 Å². The number of allylic oxidation sites excluding steroid dienone is 7. The molecule has 0 amide bonds. The van der Waals surface area contributed by atoms with Crippen molar-refractivity contribution in [3.05, 3.63) is 47.1 Å². The van der Waals surface area contributed by atoms with E-state index in [1.807, 2.05) is 6.92 Å². The lowest BCUT2D eigenvalue weighted by atomic mass is 9.87. The maximum Gasteiger partial charge on any atom is 0.0978 e. The highest BCUT2D eigenvalue weighted by Gasteiger charge is 2.11. The van der Waals surface area contributed by atoms with Crippen LogP contribution in [0.3, 0.4) is 0 Å². The molecule has 0 saturated carbocycles. The third-order valence-corrected chi connectivity index (χ3v) is 3.47. The Kier molecular flexibility index (Phi) is 19.5. The second-order valence-corrected chi connectivity index (χ2v) is 7.14. The Morgan fingerprint density at radius 1 is 1.04 bits per heavy atom. The summed E-state index contributed by atoms with van der Waals surface area (Å²) in [5.41, 5.74) is 3.88. The molecule has 0 fully saturated rings. The first-order chi connectivity index (χ1) is 11.6. The summed E-state index contributed by atoms with van der Waals surface area (Å²) in [4.78, 5) is 0. The molecule has 1 atom stereocenters. The maximum atomic E-state index is 8.81. The van der Waals surface area contributed by atoms with Crippen molar-refractivity contribution in [1.29, 1.82) is 0 Å². The largest absolute Gasteiger partial charge is 0.393 e. The molecule has 0 saturated heterocycles. The lowest BCUT2D eigenvalue weighted by Crippen LogP contribution is -2.12. The highest BCUT2D eigenvalue weighted by atomic mass is 16.3. The normalized spacial score (nSPS) is 12.2. The minimum Gasteiger partial charge on any atom is -0.393 e. The molecule has 0 heterocycles. The molecule has 0 bridgehead atoms. The van der Waals surface area contributed by atoms with Gasteiger partial charge in [0.1, 0.15) is 0 Å². The van der Waals surface area contributed by atoms with E-state index >= 15 is 0 Å². The van der Waals surface area contributed by atoms with Crippen LogP contribution in [0.4, 0.5) is 0 Å². The van der Waals surface area contributed by atoms with E-state index in [-0.39, 0.29) is 6.61 Å². The van der Waals surface area contributed by atoms with Crippen LogP contribution in [-0.4, -0.2) is 22.9 Å². The standard InChI is InChI=1S/C15H26.C6H12O2.C2H2/c1-13(2)9-7-11-15(5,6)12-8-10-14(3)4;1-3-5(2)6(8)4-7;1-2/h7,9-11H,8,12H2,1-6H3;3,6-8H,4H2,1-2H3;1-2H/b11-7-;5-3+;. The summed E-state index contributed by atoms with van der Waals surface area (Å²) in [7, 11) is 0. The molecule has 0 aromatic carbocycles. The fraction of sp³-hybridized carbons (Fsp3) is 0.565. The summed E-state index contributed by atoms with van der Waals surface area (Å²) < 4.78 is 0. The zero-order valence-corrected chi connectivity index (χ0v) is 17.6. The average Bonchev–Trinajstić information content (AvgIpc) is 2.54. The summed E-state index contributed by atoms with van der Waals surface area (Å²) >= 11 is 0. The smallest absolute Gasteiger partial charge is 0.0978 e. The summed E-state index contributed by atoms with van der Waals surface area (Å²) in [5.74, 6) is 0. The molecule has 0 aromatic heterocycles. The Balaban J connectivity index is -0.000000408. The number of rotatable bonds is 7. The van der Waals surface area contributed by atoms with Crippen molar-refractivity contribution in [2.24, 2.45) is 5.41 Å². The molecule has 2 N–H and O–H groups in total. The van der Waals surface area contributed by atoms with Gasteiger partial charge in [-0.05, 0) is 65.4 Å². The lowest BCUT2D eigenvalue weighted by Gasteiger charge is -2.18. The lowest BCUT2D eigenvalue weighted by molar-refractivity contribution is 0.122. The van der Waals surface area contributed by atoms with Crippen LogP contribution in [0.2, 0.25) is 0 Å². The molecule has 0 rings (SSSR count). The van der Waals surface area contributed by atoms with Crippen molar-refractivity contribution in [3.8, 4) is 12.8 Å². The fourth-order valence-electron chi connectivity index (χ4n) is 1.65. The Hall–Kier alpha value is -1.56. The van der Waals surface area contributed by atoms with Crippen LogP contribution < -0.4 is 0 Å². The molecule has 0 spiro atoms. The fourth-order valence-corrected chi connectivity index (χ4v) is 1.65. The first-order valence-electron chi connectivity index (χ1n) is 8.77. The molecule has 144 valence electrons. The van der Waals surface area contributed by atoms with E-state index in [2.05, 4.69) is 78.7 Å². The van der Waals surface area contributed by atoms with Gasteiger partial charge in [0.15, 0.2) is 0 Å². The number of hydrogen-bond acceptors (Lipinski definition) is 2. The van der Waals surface area contributed by atoms with Crippen LogP contribution in [0, 0.1) is 18.3 Å². The van der Waals surface area contributed by atoms with Gasteiger partial charge >= 0.3 is 0 Å². The van der Waals surface area contributed by atoms with Gasteiger partial charge in [0.05, 0.1) is 12.7 Å². The minimum atomic E-state index is -0.667. The quantitative estimate of drug-likeness (QED) is 0.345. The van der Waals surface area contributed by atoms with Gasteiger partial charge in [0.25, 0.3) is 0 Å². The van der Waals surface area contributed by atoms with Crippen LogP contribution in [-0.2, 0) is 0 Å². The minimum absolute atomic E-state index is 0.184. The summed E-state index contributed by atoms with van der Waals surface area (Å²) in [6.07, 6.45) is 20.5. The number of terminal acetylenes is 1. The Labute approximate surface area is 157 Å². The maximum absolute atomic E-state index is 8.81. The summed E-state index contributed by atoms with van der Waals surface area (Å²) in [6, 6.07) is 0. The molecule has 25 heavy (non-hydrogen) atoms. The van der Waals surface area contributed by atoms with Gasteiger partial charge in [0, 0.05) is 0 Å². The van der Waals surface area contributed by atoms with Crippen molar-refractivity contribution in [1.82, 2.24) is 0 Å². The Morgan fingerprint density at radius 3 is 1.88 bits per heavy atom. The van der Waals surface area contributed by atoms with Crippen LogP contribution in [0.5, 0.6) is 0 Å². The van der Waals surface area contributed by atoms with Gasteiger partial charge in [-0.2, -0.15) is 0 Å². The zero-order chi connectivity index (χ0) is 20.5. The topological polar surface area (TPSA) is 40.5 Å². The van der Waals surface area contributed by atoms with Crippen molar-refractivity contribution in [3.63, 3.8) is 0 Å². The van der Waals surface area contributed by atoms with Gasteiger partial charge in [-0.3, -0.25) is 0 Å². The second kappa shape index (κ2) is 17.3. The van der Waals surface area contributed by atoms with E-state index in [1.165, 1.54) is 24.0 Å². The number of aliphatic hydroxyl groups excluding tert-OH is 2. The van der Waals surface area contributed by atoms with Crippen molar-refractivity contribution >= 4 is 0 Å². The highest BCUT2D eigenvalue weighted by Crippen LogP contribution is 2.24. The first-order valence-corrected chi connectivity index (χ1v) is 8.77. The van der Waals surface area contributed by atoms with E-state index in [4.69, 9.17) is 10.2 Å². The van der Waals surface area contributed by atoms with E-state index in [0.717, 1.165) is 5.57 Å². The van der Waals surface area contributed by atoms with E-state index in [9.17, 15) is 0 Å². The Bertz CT molecular complexity index is 452. The van der Waals surface area contributed by atoms with Crippen LogP contribution >= 0.6 is 0 Å².